The summed E-state index contributed by atoms with van der Waals surface area (Å²) in [4.78, 5) is 0. The Morgan fingerprint density at radius 1 is 1.23 bits per heavy atom. The topological polar surface area (TPSA) is 19.9 Å². The molecule has 0 amide bonds. The summed E-state index contributed by atoms with van der Waals surface area (Å²) >= 11 is 0. The van der Waals surface area contributed by atoms with Crippen LogP contribution in [0.25, 0.3) is 0 Å². The van der Waals surface area contributed by atoms with E-state index in [9.17, 15) is 5.11 Å². The molecule has 0 aliphatic carbocycles. The van der Waals surface area contributed by atoms with E-state index >= 15 is 0 Å². The predicted octanol–water partition coefficient (Wildman–Crippen LogP) is 3.73. The minimum atomic E-state index is 0.168. The molecule has 13 heavy (non-hydrogen) atoms. The lowest BCUT2D eigenvalue weighted by Crippen LogP contribution is -1.84. The minimum Gasteiger partial charge on any atom is -0.290 e. The molecule has 0 bridgehead atoms. The summed E-state index contributed by atoms with van der Waals surface area (Å²) in [5.74, 6) is 0.168. The first-order chi connectivity index (χ1) is 6.34. The van der Waals surface area contributed by atoms with Crippen LogP contribution < -0.4 is 0 Å². The Morgan fingerprint density at radius 3 is 2.69 bits per heavy atom. The molecule has 0 unspecified atom stereocenters. The molecule has 1 heteroatoms. The second-order valence-corrected chi connectivity index (χ2v) is 3.14. The van der Waals surface area contributed by atoms with E-state index in [-0.39, 0.29) is 5.75 Å². The van der Waals surface area contributed by atoms with E-state index in [1.807, 2.05) is 18.2 Å². The van der Waals surface area contributed by atoms with Crippen LogP contribution in [0, 0.1) is 0 Å². The Balaban J connectivity index is 2.36. The Labute approximate surface area is 79.7 Å². The van der Waals surface area contributed by atoms with E-state index in [4.69, 9.17) is 0 Å². The van der Waals surface area contributed by atoms with Gasteiger partial charge in [-0.3, -0.25) is 5.11 Å². The van der Waals surface area contributed by atoms with E-state index in [1.54, 1.807) is 12.1 Å². The van der Waals surface area contributed by atoms with Crippen molar-refractivity contribution in [2.75, 3.05) is 0 Å². The van der Waals surface area contributed by atoms with Gasteiger partial charge in [-0.25, -0.2) is 0 Å². The molecule has 0 fully saturated rings. The second-order valence-electron chi connectivity index (χ2n) is 3.14. The average molecular weight is 175 g/mol. The molecular weight excluding hydrogens is 160 g/mol. The zero-order valence-corrected chi connectivity index (χ0v) is 7.83. The molecule has 0 aliphatic rings. The van der Waals surface area contributed by atoms with Crippen LogP contribution in [0.1, 0.15) is 24.8 Å². The van der Waals surface area contributed by atoms with Crippen molar-refractivity contribution in [3.8, 4) is 5.75 Å². The SMILES string of the molecule is C=CCCCCc1ccccc1[O]. The molecule has 0 saturated heterocycles. The third-order valence-corrected chi connectivity index (χ3v) is 2.08. The summed E-state index contributed by atoms with van der Waals surface area (Å²) in [6.07, 6.45) is 6.06. The Bertz CT molecular complexity index is 266. The predicted molar refractivity (Wildman–Crippen MR) is 54.3 cm³/mol. The monoisotopic (exact) mass is 175 g/mol. The van der Waals surface area contributed by atoms with Crippen molar-refractivity contribution in [3.63, 3.8) is 0 Å². The average Bonchev–Trinajstić information content (AvgIpc) is 2.15. The lowest BCUT2D eigenvalue weighted by molar-refractivity contribution is 0.349. The molecule has 1 radical (unpaired) electrons. The quantitative estimate of drug-likeness (QED) is 0.480. The second kappa shape index (κ2) is 5.41. The molecule has 0 spiro atoms. The van der Waals surface area contributed by atoms with Crippen molar-refractivity contribution in [2.24, 2.45) is 0 Å². The fraction of sp³-hybridized carbons (Fsp3) is 0.333. The van der Waals surface area contributed by atoms with Gasteiger partial charge in [-0.05, 0) is 37.3 Å². The number of para-hydroxylation sites is 1. The van der Waals surface area contributed by atoms with Gasteiger partial charge in [-0.2, -0.15) is 0 Å². The fourth-order valence-corrected chi connectivity index (χ4v) is 1.31. The normalized spacial score (nSPS) is 9.85. The summed E-state index contributed by atoms with van der Waals surface area (Å²) in [5.41, 5.74) is 0.937. The maximum atomic E-state index is 11.3. The van der Waals surface area contributed by atoms with Crippen LogP contribution in [0.3, 0.4) is 0 Å². The fourth-order valence-electron chi connectivity index (χ4n) is 1.31. The van der Waals surface area contributed by atoms with Crippen LogP contribution in [-0.4, -0.2) is 0 Å². The maximum absolute atomic E-state index is 11.3. The number of aryl methyl sites for hydroxylation is 1. The van der Waals surface area contributed by atoms with Crippen LogP contribution >= 0.6 is 0 Å². The maximum Gasteiger partial charge on any atom is 0.181 e. The van der Waals surface area contributed by atoms with Gasteiger partial charge in [0.15, 0.2) is 5.75 Å². The van der Waals surface area contributed by atoms with E-state index in [0.717, 1.165) is 31.2 Å². The van der Waals surface area contributed by atoms with Crippen molar-refractivity contribution in [2.45, 2.75) is 25.7 Å². The van der Waals surface area contributed by atoms with E-state index in [1.165, 1.54) is 0 Å². The first kappa shape index (κ1) is 9.85. The molecule has 0 N–H and O–H groups in total. The van der Waals surface area contributed by atoms with Crippen molar-refractivity contribution < 1.29 is 5.11 Å². The Kier molecular flexibility index (Phi) is 4.10. The first-order valence-electron chi connectivity index (χ1n) is 4.70. The van der Waals surface area contributed by atoms with Crippen molar-refractivity contribution >= 4 is 0 Å². The van der Waals surface area contributed by atoms with Crippen LogP contribution in [0.5, 0.6) is 5.75 Å². The van der Waals surface area contributed by atoms with Gasteiger partial charge in [-0.1, -0.05) is 24.3 Å². The van der Waals surface area contributed by atoms with Crippen molar-refractivity contribution in [1.29, 1.82) is 0 Å². The van der Waals surface area contributed by atoms with Crippen LogP contribution in [0.15, 0.2) is 36.9 Å². The van der Waals surface area contributed by atoms with Gasteiger partial charge >= 0.3 is 0 Å². The third kappa shape index (κ3) is 3.32. The van der Waals surface area contributed by atoms with Crippen LogP contribution in [0.4, 0.5) is 0 Å². The molecule has 0 heterocycles. The summed E-state index contributed by atoms with van der Waals surface area (Å²) in [6.45, 7) is 3.66. The molecule has 0 saturated carbocycles. The first-order valence-corrected chi connectivity index (χ1v) is 4.70. The van der Waals surface area contributed by atoms with Gasteiger partial charge in [0.25, 0.3) is 0 Å². The molecule has 0 atom stereocenters. The third-order valence-electron chi connectivity index (χ3n) is 2.08. The van der Waals surface area contributed by atoms with Crippen molar-refractivity contribution in [1.82, 2.24) is 0 Å². The zero-order chi connectivity index (χ0) is 9.52. The molecule has 1 aromatic carbocycles. The van der Waals surface area contributed by atoms with Gasteiger partial charge in [0.1, 0.15) is 0 Å². The number of benzene rings is 1. The molecule has 1 nitrogen and oxygen atoms in total. The van der Waals surface area contributed by atoms with Gasteiger partial charge in [0, 0.05) is 0 Å². The number of allylic oxidation sites excluding steroid dienone is 1. The van der Waals surface area contributed by atoms with Crippen LogP contribution in [0.2, 0.25) is 0 Å². The highest BCUT2D eigenvalue weighted by atomic mass is 16.3. The van der Waals surface area contributed by atoms with Crippen molar-refractivity contribution in [3.05, 3.63) is 42.5 Å². The standard InChI is InChI=1S/C12H15O/c1-2-3-4-5-8-11-9-6-7-10-12(11)13/h2,6-7,9-10H,1,3-5,8H2. The van der Waals surface area contributed by atoms with Gasteiger partial charge < -0.3 is 0 Å². The minimum absolute atomic E-state index is 0.168. The Morgan fingerprint density at radius 2 is 2.00 bits per heavy atom. The highest BCUT2D eigenvalue weighted by molar-refractivity contribution is 5.31. The highest BCUT2D eigenvalue weighted by Gasteiger charge is 1.99. The van der Waals surface area contributed by atoms with E-state index in [2.05, 4.69) is 6.58 Å². The number of hydrogen-bond donors (Lipinski definition) is 0. The number of hydrogen-bond acceptors (Lipinski definition) is 0. The lowest BCUT2D eigenvalue weighted by Gasteiger charge is -2.00. The van der Waals surface area contributed by atoms with Gasteiger partial charge in [-0.15, -0.1) is 6.58 Å². The van der Waals surface area contributed by atoms with Crippen LogP contribution in [-0.2, 0) is 11.5 Å². The van der Waals surface area contributed by atoms with E-state index < -0.39 is 0 Å². The molecule has 0 aliphatic heterocycles. The molecule has 0 aromatic heterocycles. The largest absolute Gasteiger partial charge is 0.290 e. The van der Waals surface area contributed by atoms with Gasteiger partial charge in [0.2, 0.25) is 0 Å². The molecule has 1 rings (SSSR count). The summed E-state index contributed by atoms with van der Waals surface area (Å²) in [7, 11) is 0. The van der Waals surface area contributed by atoms with E-state index in [0.29, 0.717) is 0 Å². The smallest absolute Gasteiger partial charge is 0.181 e. The molecule has 69 valence electrons. The Hall–Kier alpha value is -1.24. The van der Waals surface area contributed by atoms with Gasteiger partial charge in [0.05, 0.1) is 0 Å². The zero-order valence-electron chi connectivity index (χ0n) is 7.83. The lowest BCUT2D eigenvalue weighted by atomic mass is 10.1. The summed E-state index contributed by atoms with van der Waals surface area (Å²) in [6, 6.07) is 7.25. The molecule has 1 aromatic rings. The summed E-state index contributed by atoms with van der Waals surface area (Å²) in [5, 5.41) is 11.3. The molecular formula is C12H15O. The number of rotatable bonds is 5. The highest BCUT2D eigenvalue weighted by Crippen LogP contribution is 2.18. The summed E-state index contributed by atoms with van der Waals surface area (Å²) < 4.78 is 0. The number of unbranched alkanes of at least 4 members (excludes halogenated alkanes) is 2.